The molecular formula is C11H9N3OS. The van der Waals surface area contributed by atoms with Gasteiger partial charge in [0.25, 0.3) is 0 Å². The molecule has 0 aliphatic carbocycles. The highest BCUT2D eigenvalue weighted by molar-refractivity contribution is 7.85. The molecule has 0 saturated carbocycles. The highest BCUT2D eigenvalue weighted by Gasteiger charge is 2.09. The number of aromatic amines is 1. The highest BCUT2D eigenvalue weighted by atomic mass is 32.2. The monoisotopic (exact) mass is 231 g/mol. The van der Waals surface area contributed by atoms with Crippen molar-refractivity contribution >= 4 is 10.8 Å². The molecule has 0 aliphatic heterocycles. The second-order valence-electron chi connectivity index (χ2n) is 3.02. The van der Waals surface area contributed by atoms with E-state index in [1.54, 1.807) is 0 Å². The molecule has 0 saturated heterocycles. The molecule has 1 unspecified atom stereocenters. The van der Waals surface area contributed by atoms with Crippen molar-refractivity contribution in [3.8, 4) is 23.7 Å². The summed E-state index contributed by atoms with van der Waals surface area (Å²) in [5, 5.41) is 6.94. The largest absolute Gasteiger partial charge is 0.252 e. The van der Waals surface area contributed by atoms with Crippen LogP contribution in [0.25, 0.3) is 11.4 Å². The Kier molecular flexibility index (Phi) is 3.13. The zero-order chi connectivity index (χ0) is 11.4. The molecule has 1 heterocycles. The Hall–Kier alpha value is -1.93. The van der Waals surface area contributed by atoms with E-state index in [-0.39, 0.29) is 5.75 Å². The predicted octanol–water partition coefficient (Wildman–Crippen LogP) is 1.21. The quantitative estimate of drug-likeness (QED) is 0.808. The molecule has 2 aromatic rings. The summed E-state index contributed by atoms with van der Waals surface area (Å²) >= 11 is 0. The Labute approximate surface area is 95.6 Å². The zero-order valence-electron chi connectivity index (χ0n) is 8.38. The summed E-state index contributed by atoms with van der Waals surface area (Å²) in [4.78, 5) is 4.14. The van der Waals surface area contributed by atoms with Gasteiger partial charge in [-0.05, 0) is 0 Å². The third-order valence-electron chi connectivity index (χ3n) is 1.93. The van der Waals surface area contributed by atoms with Crippen LogP contribution in [-0.2, 0) is 10.8 Å². The van der Waals surface area contributed by atoms with Crippen molar-refractivity contribution in [1.82, 2.24) is 15.2 Å². The maximum absolute atomic E-state index is 11.5. The van der Waals surface area contributed by atoms with Crippen molar-refractivity contribution in [2.45, 2.75) is 5.16 Å². The Morgan fingerprint density at radius 2 is 2.12 bits per heavy atom. The van der Waals surface area contributed by atoms with Crippen molar-refractivity contribution in [2.24, 2.45) is 0 Å². The molecule has 1 aromatic carbocycles. The molecule has 16 heavy (non-hydrogen) atoms. The van der Waals surface area contributed by atoms with Crippen LogP contribution in [0, 0.1) is 12.3 Å². The molecule has 5 heteroatoms. The van der Waals surface area contributed by atoms with Gasteiger partial charge in [-0.1, -0.05) is 36.3 Å². The lowest BCUT2D eigenvalue weighted by molar-refractivity contribution is 0.679. The molecule has 0 aliphatic rings. The van der Waals surface area contributed by atoms with Gasteiger partial charge in [0.15, 0.2) is 5.82 Å². The first-order chi connectivity index (χ1) is 7.81. The van der Waals surface area contributed by atoms with Crippen molar-refractivity contribution in [1.29, 1.82) is 0 Å². The Balaban J connectivity index is 2.27. The second kappa shape index (κ2) is 4.73. The molecule has 2 rings (SSSR count). The van der Waals surface area contributed by atoms with Crippen LogP contribution in [-0.4, -0.2) is 25.1 Å². The predicted molar refractivity (Wildman–Crippen MR) is 61.9 cm³/mol. The molecule has 1 N–H and O–H groups in total. The van der Waals surface area contributed by atoms with Gasteiger partial charge in [-0.15, -0.1) is 6.42 Å². The molecule has 4 nitrogen and oxygen atoms in total. The van der Waals surface area contributed by atoms with Crippen LogP contribution in [0.2, 0.25) is 0 Å². The van der Waals surface area contributed by atoms with Crippen LogP contribution in [0.4, 0.5) is 0 Å². The fraction of sp³-hybridized carbons (Fsp3) is 0.0909. The van der Waals surface area contributed by atoms with Gasteiger partial charge in [0.2, 0.25) is 5.16 Å². The van der Waals surface area contributed by atoms with Gasteiger partial charge in [0.05, 0.1) is 5.75 Å². The standard InChI is InChI=1S/C11H9N3OS/c1-2-8-16(15)11-12-10(13-14-11)9-6-4-3-5-7-9/h1,3-7H,8H2,(H,12,13,14). The molecule has 0 radical (unpaired) electrons. The molecule has 80 valence electrons. The van der Waals surface area contributed by atoms with Crippen molar-refractivity contribution in [2.75, 3.05) is 5.75 Å². The van der Waals surface area contributed by atoms with E-state index >= 15 is 0 Å². The summed E-state index contributed by atoms with van der Waals surface area (Å²) in [6, 6.07) is 9.47. The minimum absolute atomic E-state index is 0.142. The van der Waals surface area contributed by atoms with Crippen LogP contribution in [0.15, 0.2) is 35.5 Å². The van der Waals surface area contributed by atoms with Crippen LogP contribution in [0.5, 0.6) is 0 Å². The zero-order valence-corrected chi connectivity index (χ0v) is 9.20. The Morgan fingerprint density at radius 3 is 2.81 bits per heavy atom. The average molecular weight is 231 g/mol. The summed E-state index contributed by atoms with van der Waals surface area (Å²) in [7, 11) is -1.30. The smallest absolute Gasteiger partial charge is 0.215 e. The topological polar surface area (TPSA) is 58.6 Å². The van der Waals surface area contributed by atoms with Crippen LogP contribution >= 0.6 is 0 Å². The number of aromatic nitrogens is 3. The Morgan fingerprint density at radius 1 is 1.38 bits per heavy atom. The number of nitrogens with one attached hydrogen (secondary N) is 1. The highest BCUT2D eigenvalue weighted by Crippen LogP contribution is 2.14. The lowest BCUT2D eigenvalue weighted by Crippen LogP contribution is -1.97. The SMILES string of the molecule is C#CCS(=O)c1nc(-c2ccccc2)n[nH]1. The summed E-state index contributed by atoms with van der Waals surface area (Å²) in [5.41, 5.74) is 0.878. The number of benzene rings is 1. The maximum atomic E-state index is 11.5. The van der Waals surface area contributed by atoms with Gasteiger partial charge in [-0.2, -0.15) is 10.1 Å². The fourth-order valence-corrected chi connectivity index (χ4v) is 1.83. The van der Waals surface area contributed by atoms with Gasteiger partial charge in [0.1, 0.15) is 10.8 Å². The molecule has 1 atom stereocenters. The lowest BCUT2D eigenvalue weighted by Gasteiger charge is -1.91. The van der Waals surface area contributed by atoms with E-state index in [0.717, 1.165) is 5.56 Å². The summed E-state index contributed by atoms with van der Waals surface area (Å²) < 4.78 is 11.5. The summed E-state index contributed by atoms with van der Waals surface area (Å²) in [5.74, 6) is 3.00. The summed E-state index contributed by atoms with van der Waals surface area (Å²) in [6.45, 7) is 0. The van der Waals surface area contributed by atoms with E-state index in [4.69, 9.17) is 6.42 Å². The van der Waals surface area contributed by atoms with E-state index in [9.17, 15) is 4.21 Å². The number of rotatable bonds is 3. The van der Waals surface area contributed by atoms with Crippen molar-refractivity contribution in [3.05, 3.63) is 30.3 Å². The van der Waals surface area contributed by atoms with Gasteiger partial charge in [-0.25, -0.2) is 0 Å². The Bertz CT molecular complexity index is 542. The van der Waals surface area contributed by atoms with Crippen LogP contribution in [0.3, 0.4) is 0 Å². The minimum atomic E-state index is -1.30. The molecule has 1 aromatic heterocycles. The van der Waals surface area contributed by atoms with E-state index in [1.165, 1.54) is 0 Å². The normalized spacial score (nSPS) is 11.9. The van der Waals surface area contributed by atoms with E-state index < -0.39 is 10.8 Å². The van der Waals surface area contributed by atoms with Gasteiger partial charge in [0, 0.05) is 5.56 Å². The third-order valence-corrected chi connectivity index (χ3v) is 2.97. The molecular weight excluding hydrogens is 222 g/mol. The van der Waals surface area contributed by atoms with Crippen LogP contribution in [0.1, 0.15) is 0 Å². The van der Waals surface area contributed by atoms with E-state index in [0.29, 0.717) is 11.0 Å². The number of nitrogens with zero attached hydrogens (tertiary/aromatic N) is 2. The van der Waals surface area contributed by atoms with E-state index in [2.05, 4.69) is 21.1 Å². The fourth-order valence-electron chi connectivity index (χ4n) is 1.21. The first-order valence-electron chi connectivity index (χ1n) is 4.61. The maximum Gasteiger partial charge on any atom is 0.215 e. The van der Waals surface area contributed by atoms with Crippen molar-refractivity contribution in [3.63, 3.8) is 0 Å². The van der Waals surface area contributed by atoms with Gasteiger partial charge >= 0.3 is 0 Å². The number of terminal acetylenes is 1. The van der Waals surface area contributed by atoms with Gasteiger partial charge < -0.3 is 0 Å². The lowest BCUT2D eigenvalue weighted by atomic mass is 10.2. The molecule has 0 bridgehead atoms. The molecule has 0 spiro atoms. The first-order valence-corrected chi connectivity index (χ1v) is 5.93. The number of hydrogen-bond acceptors (Lipinski definition) is 3. The number of H-pyrrole nitrogens is 1. The van der Waals surface area contributed by atoms with Gasteiger partial charge in [-0.3, -0.25) is 9.31 Å². The minimum Gasteiger partial charge on any atom is -0.252 e. The van der Waals surface area contributed by atoms with Crippen molar-refractivity contribution < 1.29 is 4.21 Å². The second-order valence-corrected chi connectivity index (χ2v) is 4.39. The molecule has 0 amide bonds. The average Bonchev–Trinajstić information content (AvgIpc) is 2.80. The van der Waals surface area contributed by atoms with E-state index in [1.807, 2.05) is 30.3 Å². The number of hydrogen-bond donors (Lipinski definition) is 1. The first kappa shape index (κ1) is 10.6. The third kappa shape index (κ3) is 2.18. The summed E-state index contributed by atoms with van der Waals surface area (Å²) in [6.07, 6.45) is 5.08. The molecule has 0 fully saturated rings. The van der Waals surface area contributed by atoms with Crippen LogP contribution < -0.4 is 0 Å².